The van der Waals surface area contributed by atoms with Gasteiger partial charge < -0.3 is 29.9 Å². The molecule has 0 radical (unpaired) electrons. The van der Waals surface area contributed by atoms with E-state index in [4.69, 9.17) is 9.72 Å². The smallest absolute Gasteiger partial charge is 0.407 e. The van der Waals surface area contributed by atoms with Gasteiger partial charge in [0.1, 0.15) is 30.2 Å². The molecule has 1 fully saturated rings. The van der Waals surface area contributed by atoms with Gasteiger partial charge in [0.25, 0.3) is 11.8 Å². The molecule has 15 heteroatoms. The number of alkyl carbamates (subject to hydrolysis) is 1. The summed E-state index contributed by atoms with van der Waals surface area (Å²) < 4.78 is 51.7. The van der Waals surface area contributed by atoms with Crippen LogP contribution >= 0.6 is 0 Å². The molecule has 2 aromatic carbocycles. The molecule has 12 nitrogen and oxygen atoms in total. The minimum atomic E-state index is -1.27. The summed E-state index contributed by atoms with van der Waals surface area (Å²) in [4.78, 5) is 56.9. The van der Waals surface area contributed by atoms with Gasteiger partial charge in [-0.1, -0.05) is 44.2 Å². The SMILES string of the molecule is CC(C)(CCOC(=O)NCCN1C(=O)C=CC1=O)[C@H](c1nc(-c2cc(F)ccc2F)cn1Cc1ccccc1)N(C[C@@H]1CNC[C@@H]1F)C(=O)CO. The van der Waals surface area contributed by atoms with Gasteiger partial charge in [-0.25, -0.2) is 22.9 Å². The average Bonchev–Trinajstić information content (AvgIpc) is 3.80. The fourth-order valence-corrected chi connectivity index (χ4v) is 6.38. The van der Waals surface area contributed by atoms with Crippen molar-refractivity contribution in [2.45, 2.75) is 39.0 Å². The number of amides is 4. The number of nitrogens with one attached hydrogen (secondary N) is 2. The van der Waals surface area contributed by atoms with Crippen LogP contribution in [-0.2, 0) is 25.7 Å². The number of benzene rings is 2. The predicted molar refractivity (Wildman–Crippen MR) is 180 cm³/mol. The number of aliphatic hydroxyl groups excluding tert-OH is 1. The number of rotatable bonds is 15. The summed E-state index contributed by atoms with van der Waals surface area (Å²) in [6, 6.07) is 11.3. The Morgan fingerprint density at radius 3 is 2.51 bits per heavy atom. The summed E-state index contributed by atoms with van der Waals surface area (Å²) in [5, 5.41) is 15.7. The zero-order valence-electron chi connectivity index (χ0n) is 28.4. The average molecular weight is 711 g/mol. The van der Waals surface area contributed by atoms with Crippen LogP contribution in [0.5, 0.6) is 0 Å². The number of alkyl halides is 1. The number of hydrogen-bond acceptors (Lipinski definition) is 8. The quantitative estimate of drug-likeness (QED) is 0.204. The molecule has 0 aliphatic carbocycles. The molecule has 4 amide bonds. The highest BCUT2D eigenvalue weighted by molar-refractivity contribution is 6.12. The number of ether oxygens (including phenoxy) is 1. The Labute approximate surface area is 293 Å². The molecular weight excluding hydrogens is 669 g/mol. The van der Waals surface area contributed by atoms with Crippen molar-refractivity contribution >= 4 is 23.8 Å². The van der Waals surface area contributed by atoms with Crippen molar-refractivity contribution in [2.75, 3.05) is 45.9 Å². The van der Waals surface area contributed by atoms with Crippen molar-refractivity contribution in [1.82, 2.24) is 30.0 Å². The van der Waals surface area contributed by atoms with E-state index in [0.29, 0.717) is 0 Å². The van der Waals surface area contributed by atoms with Crippen LogP contribution in [0.4, 0.5) is 18.0 Å². The lowest BCUT2D eigenvalue weighted by Crippen LogP contribution is -2.48. The number of carbonyl (C=O) groups excluding carboxylic acids is 4. The lowest BCUT2D eigenvalue weighted by Gasteiger charge is -2.43. The second-order valence-electron chi connectivity index (χ2n) is 13.2. The van der Waals surface area contributed by atoms with E-state index in [1.807, 2.05) is 30.3 Å². The number of halogens is 3. The third-order valence-electron chi connectivity index (χ3n) is 9.13. The first kappa shape index (κ1) is 37.2. The zero-order chi connectivity index (χ0) is 36.7. The Morgan fingerprint density at radius 2 is 1.84 bits per heavy atom. The van der Waals surface area contributed by atoms with Crippen molar-refractivity contribution in [2.24, 2.45) is 11.3 Å². The molecular formula is C36H41F3N6O6. The fourth-order valence-electron chi connectivity index (χ4n) is 6.38. The molecule has 0 spiro atoms. The minimum absolute atomic E-state index is 0.0427. The van der Waals surface area contributed by atoms with Crippen molar-refractivity contribution in [3.63, 3.8) is 0 Å². The van der Waals surface area contributed by atoms with Gasteiger partial charge in [0, 0.05) is 69.1 Å². The van der Waals surface area contributed by atoms with Crippen molar-refractivity contribution in [1.29, 1.82) is 0 Å². The summed E-state index contributed by atoms with van der Waals surface area (Å²) >= 11 is 0. The van der Waals surface area contributed by atoms with E-state index in [9.17, 15) is 28.7 Å². The van der Waals surface area contributed by atoms with Gasteiger partial charge in [-0.05, 0) is 35.6 Å². The van der Waals surface area contributed by atoms with Crippen LogP contribution in [0.15, 0.2) is 66.9 Å². The van der Waals surface area contributed by atoms with E-state index in [2.05, 4.69) is 10.6 Å². The Kier molecular flexibility index (Phi) is 11.9. The fraction of sp³-hybridized carbons (Fsp3) is 0.417. The Balaban J connectivity index is 1.47. The molecule has 272 valence electrons. The van der Waals surface area contributed by atoms with Crippen LogP contribution in [-0.4, -0.2) is 100 Å². The second kappa shape index (κ2) is 16.3. The van der Waals surface area contributed by atoms with E-state index >= 15 is 8.78 Å². The molecule has 3 aromatic rings. The molecule has 0 unspecified atom stereocenters. The summed E-state index contributed by atoms with van der Waals surface area (Å²) in [7, 11) is 0. The van der Waals surface area contributed by atoms with E-state index < -0.39 is 65.6 Å². The van der Waals surface area contributed by atoms with Crippen molar-refractivity contribution in [3.05, 3.63) is 89.9 Å². The molecule has 3 heterocycles. The Morgan fingerprint density at radius 1 is 1.12 bits per heavy atom. The molecule has 2 aliphatic heterocycles. The number of imide groups is 1. The third kappa shape index (κ3) is 9.02. The Hall–Kier alpha value is -5.02. The first-order valence-electron chi connectivity index (χ1n) is 16.6. The van der Waals surface area contributed by atoms with Gasteiger partial charge in [0.2, 0.25) is 5.91 Å². The molecule has 2 aliphatic rings. The highest BCUT2D eigenvalue weighted by Gasteiger charge is 2.43. The Bertz CT molecular complexity index is 1750. The number of imidazole rings is 1. The van der Waals surface area contributed by atoms with Gasteiger partial charge in [-0.2, -0.15) is 0 Å². The number of carbonyl (C=O) groups is 4. The van der Waals surface area contributed by atoms with E-state index in [1.165, 1.54) is 4.90 Å². The zero-order valence-corrected chi connectivity index (χ0v) is 28.4. The largest absolute Gasteiger partial charge is 0.450 e. The van der Waals surface area contributed by atoms with Gasteiger partial charge in [-0.15, -0.1) is 0 Å². The monoisotopic (exact) mass is 710 g/mol. The summed E-state index contributed by atoms with van der Waals surface area (Å²) in [6.07, 6.45) is 1.92. The molecule has 1 aromatic heterocycles. The first-order valence-corrected chi connectivity index (χ1v) is 16.6. The van der Waals surface area contributed by atoms with Gasteiger partial charge in [0.05, 0.1) is 18.3 Å². The summed E-state index contributed by atoms with van der Waals surface area (Å²) in [6.45, 7) is 3.01. The summed E-state index contributed by atoms with van der Waals surface area (Å²) in [5.74, 6) is -3.38. The maximum atomic E-state index is 15.1. The predicted octanol–water partition coefficient (Wildman–Crippen LogP) is 3.36. The maximum Gasteiger partial charge on any atom is 0.407 e. The first-order chi connectivity index (χ1) is 24.4. The van der Waals surface area contributed by atoms with E-state index in [0.717, 1.165) is 40.8 Å². The van der Waals surface area contributed by atoms with Gasteiger partial charge in [0.15, 0.2) is 0 Å². The number of nitrogens with zero attached hydrogens (tertiary/aromatic N) is 4. The van der Waals surface area contributed by atoms with E-state index in [1.54, 1.807) is 24.6 Å². The second-order valence-corrected chi connectivity index (χ2v) is 13.2. The van der Waals surface area contributed by atoms with E-state index in [-0.39, 0.29) is 69.4 Å². The molecule has 0 saturated carbocycles. The number of aromatic nitrogens is 2. The van der Waals surface area contributed by atoms with Crippen LogP contribution in [0.25, 0.3) is 11.3 Å². The number of aliphatic hydroxyl groups is 1. The van der Waals surface area contributed by atoms with Crippen molar-refractivity contribution < 1.29 is 42.2 Å². The van der Waals surface area contributed by atoms with Gasteiger partial charge >= 0.3 is 6.09 Å². The van der Waals surface area contributed by atoms with Crippen LogP contribution in [0.2, 0.25) is 0 Å². The van der Waals surface area contributed by atoms with Crippen LogP contribution in [0.1, 0.15) is 37.7 Å². The highest BCUT2D eigenvalue weighted by Crippen LogP contribution is 2.43. The standard InChI is InChI=1S/C36H41F3N6O6/c1-36(2,12-15-51-35(50)41-13-14-44-30(47)10-11-31(44)48)33(45(32(49)22-46)20-24-17-40-18-28(24)39)34-42-29(26-16-25(37)8-9-27(26)38)21-43(34)19-23-6-4-3-5-7-23/h3-11,16,21,24,28,33,40,46H,12-15,17-20,22H2,1-2H3,(H,41,50)/t24-,28-,33-/m0/s1. The van der Waals surface area contributed by atoms with Crippen LogP contribution in [0, 0.1) is 23.0 Å². The topological polar surface area (TPSA) is 146 Å². The summed E-state index contributed by atoms with van der Waals surface area (Å²) in [5.41, 5.74) is -0.144. The molecule has 3 atom stereocenters. The minimum Gasteiger partial charge on any atom is -0.450 e. The molecule has 51 heavy (non-hydrogen) atoms. The number of hydrogen-bond donors (Lipinski definition) is 3. The lowest BCUT2D eigenvalue weighted by molar-refractivity contribution is -0.141. The lowest BCUT2D eigenvalue weighted by atomic mass is 9.79. The highest BCUT2D eigenvalue weighted by atomic mass is 19.1. The molecule has 0 bridgehead atoms. The normalized spacial score (nSPS) is 18.0. The van der Waals surface area contributed by atoms with Gasteiger partial charge in [-0.3, -0.25) is 19.3 Å². The maximum absolute atomic E-state index is 15.1. The third-order valence-corrected chi connectivity index (χ3v) is 9.13. The molecule has 3 N–H and O–H groups in total. The molecule has 5 rings (SSSR count). The van der Waals surface area contributed by atoms with Crippen LogP contribution < -0.4 is 10.6 Å². The van der Waals surface area contributed by atoms with Crippen molar-refractivity contribution in [3.8, 4) is 11.3 Å². The molecule has 1 saturated heterocycles. The van der Waals surface area contributed by atoms with Crippen LogP contribution in [0.3, 0.4) is 0 Å².